The lowest BCUT2D eigenvalue weighted by Crippen LogP contribution is -2.11. The minimum atomic E-state index is -0.790. The molecule has 0 saturated carbocycles. The van der Waals surface area contributed by atoms with Crippen LogP contribution in [-0.2, 0) is 10.3 Å². The van der Waals surface area contributed by atoms with Crippen molar-refractivity contribution in [2.45, 2.75) is 5.60 Å². The van der Waals surface area contributed by atoms with Crippen LogP contribution in [0.2, 0.25) is 10.0 Å². The predicted molar refractivity (Wildman–Crippen MR) is 50.1 cm³/mol. The first kappa shape index (κ1) is 9.25. The van der Waals surface area contributed by atoms with E-state index in [0.717, 1.165) is 0 Å². The number of halogens is 3. The molecule has 0 aliphatic carbocycles. The summed E-state index contributed by atoms with van der Waals surface area (Å²) in [5, 5.41) is 1.01. The monoisotopic (exact) mass is 220 g/mol. The Labute approximate surface area is 85.4 Å². The zero-order valence-corrected chi connectivity index (χ0v) is 8.20. The van der Waals surface area contributed by atoms with Crippen molar-refractivity contribution in [3.05, 3.63) is 33.8 Å². The summed E-state index contributed by atoms with van der Waals surface area (Å²) in [6.45, 7) is -0.154. The summed E-state index contributed by atoms with van der Waals surface area (Å²) in [5.74, 6) is 0. The third kappa shape index (κ3) is 1.54. The number of ether oxygens (including phenoxy) is 1. The highest BCUT2D eigenvalue weighted by molar-refractivity contribution is 6.35. The van der Waals surface area contributed by atoms with E-state index in [9.17, 15) is 4.39 Å². The van der Waals surface area contributed by atoms with E-state index < -0.39 is 12.3 Å². The van der Waals surface area contributed by atoms with Gasteiger partial charge in [0.1, 0.15) is 12.3 Å². The van der Waals surface area contributed by atoms with Crippen molar-refractivity contribution in [2.75, 3.05) is 13.3 Å². The third-order valence-corrected chi connectivity index (χ3v) is 2.68. The first-order valence-electron chi connectivity index (χ1n) is 3.83. The Morgan fingerprint density at radius 1 is 1.46 bits per heavy atom. The van der Waals surface area contributed by atoms with Crippen LogP contribution in [0.25, 0.3) is 0 Å². The molecule has 70 valence electrons. The Bertz CT molecular complexity index is 336. The largest absolute Gasteiger partial charge is 0.362 e. The first-order valence-corrected chi connectivity index (χ1v) is 4.59. The van der Waals surface area contributed by atoms with Gasteiger partial charge in [-0.15, -0.1) is 0 Å². The van der Waals surface area contributed by atoms with Gasteiger partial charge in [0.05, 0.1) is 6.61 Å². The third-order valence-electron chi connectivity index (χ3n) is 2.13. The summed E-state index contributed by atoms with van der Waals surface area (Å²) < 4.78 is 17.6. The smallest absolute Gasteiger partial charge is 0.146 e. The number of alkyl halides is 1. The molecule has 0 N–H and O–H groups in total. The number of rotatable bonds is 2. The van der Waals surface area contributed by atoms with Gasteiger partial charge < -0.3 is 4.74 Å². The molecule has 2 rings (SSSR count). The molecule has 0 spiro atoms. The summed E-state index contributed by atoms with van der Waals surface area (Å²) >= 11 is 11.6. The van der Waals surface area contributed by atoms with Gasteiger partial charge >= 0.3 is 0 Å². The summed E-state index contributed by atoms with van der Waals surface area (Å²) in [6.07, 6.45) is 0. The average molecular weight is 221 g/mol. The van der Waals surface area contributed by atoms with E-state index in [1.807, 2.05) is 0 Å². The van der Waals surface area contributed by atoms with Crippen molar-refractivity contribution >= 4 is 23.2 Å². The molecule has 1 unspecified atom stereocenters. The molecule has 1 saturated heterocycles. The van der Waals surface area contributed by atoms with Gasteiger partial charge in [-0.1, -0.05) is 29.3 Å². The molecule has 1 fully saturated rings. The minimum Gasteiger partial charge on any atom is -0.362 e. The van der Waals surface area contributed by atoms with E-state index in [0.29, 0.717) is 22.2 Å². The number of hydrogen-bond donors (Lipinski definition) is 0. The lowest BCUT2D eigenvalue weighted by atomic mass is 10.0. The van der Waals surface area contributed by atoms with Crippen LogP contribution in [-0.4, -0.2) is 13.3 Å². The van der Waals surface area contributed by atoms with Crippen LogP contribution in [0.15, 0.2) is 18.2 Å². The average Bonchev–Trinajstić information content (AvgIpc) is 2.85. The molecule has 1 atom stereocenters. The maximum Gasteiger partial charge on any atom is 0.146 e. The fraction of sp³-hybridized carbons (Fsp3) is 0.333. The molecule has 1 nitrogen and oxygen atoms in total. The predicted octanol–water partition coefficient (Wildman–Crippen LogP) is 3.19. The van der Waals surface area contributed by atoms with Crippen LogP contribution in [0.1, 0.15) is 5.56 Å². The summed E-state index contributed by atoms with van der Waals surface area (Å²) in [4.78, 5) is 0. The van der Waals surface area contributed by atoms with E-state index in [-0.39, 0.29) is 0 Å². The van der Waals surface area contributed by atoms with Crippen molar-refractivity contribution in [2.24, 2.45) is 0 Å². The van der Waals surface area contributed by atoms with Crippen LogP contribution >= 0.6 is 23.2 Å². The SMILES string of the molecule is FCC1(c2ccc(Cl)cc2Cl)CO1. The quantitative estimate of drug-likeness (QED) is 0.698. The fourth-order valence-electron chi connectivity index (χ4n) is 1.25. The van der Waals surface area contributed by atoms with Gasteiger partial charge in [0.2, 0.25) is 0 Å². The molecule has 0 radical (unpaired) electrons. The van der Waals surface area contributed by atoms with Crippen LogP contribution in [0.5, 0.6) is 0 Å². The molecule has 0 bridgehead atoms. The van der Waals surface area contributed by atoms with Gasteiger partial charge in [0.15, 0.2) is 0 Å². The van der Waals surface area contributed by atoms with Gasteiger partial charge in [0, 0.05) is 15.6 Å². The molecule has 1 aromatic carbocycles. The molecule has 0 aromatic heterocycles. The normalized spacial score (nSPS) is 26.1. The van der Waals surface area contributed by atoms with Gasteiger partial charge in [-0.2, -0.15) is 0 Å². The number of hydrogen-bond acceptors (Lipinski definition) is 1. The van der Waals surface area contributed by atoms with Crippen LogP contribution in [0, 0.1) is 0 Å². The van der Waals surface area contributed by atoms with E-state index in [2.05, 4.69) is 0 Å². The zero-order chi connectivity index (χ0) is 9.47. The lowest BCUT2D eigenvalue weighted by Gasteiger charge is -2.09. The van der Waals surface area contributed by atoms with E-state index in [4.69, 9.17) is 27.9 Å². The molecule has 13 heavy (non-hydrogen) atoms. The Hall–Kier alpha value is -0.310. The highest BCUT2D eigenvalue weighted by atomic mass is 35.5. The van der Waals surface area contributed by atoms with Gasteiger partial charge in [-0.25, -0.2) is 4.39 Å². The molecule has 1 heterocycles. The second kappa shape index (κ2) is 3.12. The maximum absolute atomic E-state index is 12.6. The second-order valence-corrected chi connectivity index (χ2v) is 3.88. The van der Waals surface area contributed by atoms with Crippen molar-refractivity contribution in [3.63, 3.8) is 0 Å². The summed E-state index contributed by atoms with van der Waals surface area (Å²) in [7, 11) is 0. The molecule has 4 heteroatoms. The molecule has 1 aliphatic heterocycles. The van der Waals surface area contributed by atoms with Gasteiger partial charge in [0.25, 0.3) is 0 Å². The maximum atomic E-state index is 12.6. The first-order chi connectivity index (χ1) is 6.18. The standard InChI is InChI=1S/C9H7Cl2FO/c10-6-1-2-7(8(11)3-6)9(4-12)5-13-9/h1-3H,4-5H2. The van der Waals surface area contributed by atoms with Crippen molar-refractivity contribution < 1.29 is 9.13 Å². The molecular weight excluding hydrogens is 214 g/mol. The summed E-state index contributed by atoms with van der Waals surface area (Å²) in [5.41, 5.74) is -0.108. The lowest BCUT2D eigenvalue weighted by molar-refractivity contribution is 0.249. The van der Waals surface area contributed by atoms with Crippen molar-refractivity contribution in [1.29, 1.82) is 0 Å². The number of benzene rings is 1. The minimum absolute atomic E-state index is 0.394. The van der Waals surface area contributed by atoms with Gasteiger partial charge in [-0.05, 0) is 12.1 Å². The Kier molecular flexibility index (Phi) is 2.22. The molecule has 1 aromatic rings. The van der Waals surface area contributed by atoms with E-state index in [1.54, 1.807) is 18.2 Å². The van der Waals surface area contributed by atoms with Crippen LogP contribution in [0.4, 0.5) is 4.39 Å². The fourth-order valence-corrected chi connectivity index (χ4v) is 1.83. The second-order valence-electron chi connectivity index (χ2n) is 3.04. The Morgan fingerprint density at radius 3 is 2.62 bits per heavy atom. The summed E-state index contributed by atoms with van der Waals surface area (Å²) in [6, 6.07) is 4.98. The van der Waals surface area contributed by atoms with Crippen molar-refractivity contribution in [1.82, 2.24) is 0 Å². The van der Waals surface area contributed by atoms with Crippen LogP contribution in [0.3, 0.4) is 0 Å². The van der Waals surface area contributed by atoms with Crippen molar-refractivity contribution in [3.8, 4) is 0 Å². The van der Waals surface area contributed by atoms with Crippen LogP contribution < -0.4 is 0 Å². The van der Waals surface area contributed by atoms with E-state index in [1.165, 1.54) is 0 Å². The van der Waals surface area contributed by atoms with Gasteiger partial charge in [-0.3, -0.25) is 0 Å². The topological polar surface area (TPSA) is 12.5 Å². The molecular formula is C9H7Cl2FO. The van der Waals surface area contributed by atoms with E-state index >= 15 is 0 Å². The highest BCUT2D eigenvalue weighted by Gasteiger charge is 2.48. The molecule has 0 amide bonds. The Morgan fingerprint density at radius 2 is 2.15 bits per heavy atom. The highest BCUT2D eigenvalue weighted by Crippen LogP contribution is 2.42. The molecule has 1 aliphatic rings. The number of epoxide rings is 1. The Balaban J connectivity index is 2.41. The zero-order valence-electron chi connectivity index (χ0n) is 6.69.